The number of aryl methyl sites for hydroxylation is 1. The molecule has 0 spiro atoms. The molecule has 1 amide bonds. The second kappa shape index (κ2) is 7.36. The highest BCUT2D eigenvalue weighted by Gasteiger charge is 2.46. The zero-order valence-corrected chi connectivity index (χ0v) is 15.9. The quantitative estimate of drug-likeness (QED) is 0.441. The lowest BCUT2D eigenvalue weighted by Crippen LogP contribution is -2.34. The number of carbonyl (C=O) groups is 3. The average Bonchev–Trinajstić information content (AvgIpc) is 2.87. The number of rotatable bonds is 4. The van der Waals surface area contributed by atoms with Gasteiger partial charge in [0.05, 0.1) is 11.6 Å². The molecule has 0 radical (unpaired) electrons. The van der Waals surface area contributed by atoms with Crippen molar-refractivity contribution in [3.05, 3.63) is 75.3 Å². The molecule has 3 rings (SSSR count). The first kappa shape index (κ1) is 18.8. The van der Waals surface area contributed by atoms with Gasteiger partial charge in [0.15, 0.2) is 0 Å². The number of Topliss-reactive ketones (excluding diaryl/α,β-unsaturated/α-hetero) is 1. The molecule has 0 aromatic heterocycles. The van der Waals surface area contributed by atoms with Gasteiger partial charge in [0, 0.05) is 10.0 Å². The summed E-state index contributed by atoms with van der Waals surface area (Å²) < 4.78 is 0.792. The number of hydrogen-bond donors (Lipinski definition) is 2. The van der Waals surface area contributed by atoms with E-state index in [1.807, 2.05) is 6.92 Å². The molecular formula is C20H16BrNO5. The van der Waals surface area contributed by atoms with Crippen LogP contribution in [0.1, 0.15) is 22.7 Å². The lowest BCUT2D eigenvalue weighted by molar-refractivity contribution is -0.146. The number of halogens is 1. The van der Waals surface area contributed by atoms with Crippen LogP contribution in [0.5, 0.6) is 0 Å². The molecule has 2 aromatic carbocycles. The van der Waals surface area contributed by atoms with Crippen LogP contribution in [0.3, 0.4) is 0 Å². The molecular weight excluding hydrogens is 414 g/mol. The highest BCUT2D eigenvalue weighted by atomic mass is 79.9. The summed E-state index contributed by atoms with van der Waals surface area (Å²) in [6.45, 7) is 1.24. The van der Waals surface area contributed by atoms with Crippen molar-refractivity contribution in [1.82, 2.24) is 4.90 Å². The number of hydrogen-bond acceptors (Lipinski definition) is 4. The van der Waals surface area contributed by atoms with Crippen molar-refractivity contribution in [2.45, 2.75) is 13.0 Å². The van der Waals surface area contributed by atoms with Crippen molar-refractivity contribution >= 4 is 39.3 Å². The maximum atomic E-state index is 12.6. The van der Waals surface area contributed by atoms with E-state index in [9.17, 15) is 19.5 Å². The van der Waals surface area contributed by atoms with Gasteiger partial charge in [-0.25, -0.2) is 0 Å². The minimum Gasteiger partial charge on any atom is -0.507 e. The molecule has 0 bridgehead atoms. The summed E-state index contributed by atoms with van der Waals surface area (Å²) in [4.78, 5) is 37.3. The zero-order valence-electron chi connectivity index (χ0n) is 14.3. The van der Waals surface area contributed by atoms with Crippen molar-refractivity contribution in [2.75, 3.05) is 6.54 Å². The van der Waals surface area contributed by atoms with Crippen molar-refractivity contribution < 1.29 is 24.6 Å². The molecule has 2 N–H and O–H groups in total. The molecule has 1 aliphatic heterocycles. The van der Waals surface area contributed by atoms with Crippen molar-refractivity contribution in [1.29, 1.82) is 0 Å². The highest BCUT2D eigenvalue weighted by molar-refractivity contribution is 9.10. The Morgan fingerprint density at radius 2 is 1.63 bits per heavy atom. The second-order valence-corrected chi connectivity index (χ2v) is 7.15. The third-order valence-corrected chi connectivity index (χ3v) is 4.88. The van der Waals surface area contributed by atoms with Crippen LogP contribution in [0.25, 0.3) is 5.76 Å². The van der Waals surface area contributed by atoms with E-state index in [1.54, 1.807) is 48.5 Å². The summed E-state index contributed by atoms with van der Waals surface area (Å²) >= 11 is 3.32. The standard InChI is InChI=1S/C20H16BrNO5/c1-11-2-4-13(5-3-11)18(25)16-17(12-6-8-14(21)9-7-12)22(10-15(23)24)20(27)19(16)26/h2-9,17,25H,10H2,1H3,(H,23,24)/b18-16-. The Balaban J connectivity index is 2.19. The Hall–Kier alpha value is -2.93. The minimum atomic E-state index is -1.24. The largest absolute Gasteiger partial charge is 0.507 e. The molecule has 138 valence electrons. The average molecular weight is 430 g/mol. The SMILES string of the molecule is Cc1ccc(/C(O)=C2/C(=O)C(=O)N(CC(=O)O)C2c2ccc(Br)cc2)cc1. The van der Waals surface area contributed by atoms with Crippen LogP contribution in [0, 0.1) is 6.92 Å². The Morgan fingerprint density at radius 1 is 1.04 bits per heavy atom. The van der Waals surface area contributed by atoms with Gasteiger partial charge in [-0.2, -0.15) is 0 Å². The smallest absolute Gasteiger partial charge is 0.323 e. The van der Waals surface area contributed by atoms with E-state index in [0.29, 0.717) is 11.1 Å². The number of ketones is 1. The van der Waals surface area contributed by atoms with Gasteiger partial charge in [-0.1, -0.05) is 57.9 Å². The summed E-state index contributed by atoms with van der Waals surface area (Å²) in [6.07, 6.45) is 0. The van der Waals surface area contributed by atoms with Gasteiger partial charge in [0.25, 0.3) is 11.7 Å². The fourth-order valence-electron chi connectivity index (χ4n) is 3.05. The van der Waals surface area contributed by atoms with Crippen molar-refractivity contribution in [3.63, 3.8) is 0 Å². The molecule has 1 fully saturated rings. The molecule has 1 aliphatic rings. The molecule has 2 aromatic rings. The first-order valence-corrected chi connectivity index (χ1v) is 8.91. The number of nitrogens with zero attached hydrogens (tertiary/aromatic N) is 1. The monoisotopic (exact) mass is 429 g/mol. The summed E-state index contributed by atoms with van der Waals surface area (Å²) in [6, 6.07) is 12.7. The predicted molar refractivity (Wildman–Crippen MR) is 102 cm³/mol. The van der Waals surface area contributed by atoms with Crippen LogP contribution in [0.15, 0.2) is 58.6 Å². The van der Waals surface area contributed by atoms with Crippen LogP contribution in [0.2, 0.25) is 0 Å². The molecule has 6 nitrogen and oxygen atoms in total. The second-order valence-electron chi connectivity index (χ2n) is 6.24. The van der Waals surface area contributed by atoms with Gasteiger partial charge in [0.2, 0.25) is 0 Å². The van der Waals surface area contributed by atoms with Gasteiger partial charge >= 0.3 is 5.97 Å². The van der Waals surface area contributed by atoms with E-state index in [1.165, 1.54) is 0 Å². The van der Waals surface area contributed by atoms with Crippen LogP contribution in [0.4, 0.5) is 0 Å². The fourth-order valence-corrected chi connectivity index (χ4v) is 3.31. The molecule has 7 heteroatoms. The van der Waals surface area contributed by atoms with E-state index < -0.39 is 30.2 Å². The molecule has 0 saturated carbocycles. The Morgan fingerprint density at radius 3 is 2.19 bits per heavy atom. The topological polar surface area (TPSA) is 94.9 Å². The summed E-state index contributed by atoms with van der Waals surface area (Å²) in [7, 11) is 0. The molecule has 1 atom stereocenters. The highest BCUT2D eigenvalue weighted by Crippen LogP contribution is 2.39. The van der Waals surface area contributed by atoms with Crippen LogP contribution in [-0.2, 0) is 14.4 Å². The van der Waals surface area contributed by atoms with E-state index in [-0.39, 0.29) is 11.3 Å². The Kier molecular flexibility index (Phi) is 5.14. The van der Waals surface area contributed by atoms with E-state index >= 15 is 0 Å². The first-order chi connectivity index (χ1) is 12.8. The number of carbonyl (C=O) groups excluding carboxylic acids is 2. The zero-order chi connectivity index (χ0) is 19.7. The van der Waals surface area contributed by atoms with Crippen molar-refractivity contribution in [2.24, 2.45) is 0 Å². The number of aliphatic hydroxyl groups is 1. The summed E-state index contributed by atoms with van der Waals surface area (Å²) in [5.74, 6) is -3.41. The first-order valence-electron chi connectivity index (χ1n) is 8.12. The van der Waals surface area contributed by atoms with Crippen LogP contribution < -0.4 is 0 Å². The number of carboxylic acids is 1. The van der Waals surface area contributed by atoms with Crippen molar-refractivity contribution in [3.8, 4) is 0 Å². The number of aliphatic carboxylic acids is 1. The van der Waals surface area contributed by atoms with Gasteiger partial charge in [-0.15, -0.1) is 0 Å². The van der Waals surface area contributed by atoms with E-state index in [0.717, 1.165) is 14.9 Å². The number of amides is 1. The third kappa shape index (κ3) is 3.64. The number of benzene rings is 2. The summed E-state index contributed by atoms with van der Waals surface area (Å²) in [5, 5.41) is 19.9. The van der Waals surface area contributed by atoms with Gasteiger partial charge in [-0.05, 0) is 24.6 Å². The molecule has 1 heterocycles. The fraction of sp³-hybridized carbons (Fsp3) is 0.150. The predicted octanol–water partition coefficient (Wildman–Crippen LogP) is 3.26. The summed E-state index contributed by atoms with van der Waals surface area (Å²) in [5.41, 5.74) is 1.78. The van der Waals surface area contributed by atoms with Gasteiger partial charge < -0.3 is 15.1 Å². The van der Waals surface area contributed by atoms with Crippen LogP contribution in [-0.4, -0.2) is 39.3 Å². The van der Waals surface area contributed by atoms with E-state index in [4.69, 9.17) is 5.11 Å². The number of likely N-dealkylation sites (tertiary alicyclic amines) is 1. The molecule has 1 saturated heterocycles. The van der Waals surface area contributed by atoms with Crippen LogP contribution >= 0.6 is 15.9 Å². The minimum absolute atomic E-state index is 0.118. The van der Waals surface area contributed by atoms with Gasteiger partial charge in [-0.3, -0.25) is 14.4 Å². The number of carboxylic acid groups (broad SMARTS) is 1. The lowest BCUT2D eigenvalue weighted by Gasteiger charge is -2.23. The van der Waals surface area contributed by atoms with Gasteiger partial charge in [0.1, 0.15) is 12.3 Å². The number of aliphatic hydroxyl groups excluding tert-OH is 1. The maximum absolute atomic E-state index is 12.6. The Labute approximate surface area is 163 Å². The maximum Gasteiger partial charge on any atom is 0.323 e. The third-order valence-electron chi connectivity index (χ3n) is 4.36. The molecule has 1 unspecified atom stereocenters. The van der Waals surface area contributed by atoms with E-state index in [2.05, 4.69) is 15.9 Å². The lowest BCUT2D eigenvalue weighted by atomic mass is 9.95. The Bertz CT molecular complexity index is 947. The molecule has 0 aliphatic carbocycles. The molecule has 27 heavy (non-hydrogen) atoms. The normalized spacial score (nSPS) is 18.7.